The third-order valence-corrected chi connectivity index (χ3v) is 5.12. The Labute approximate surface area is 149 Å². The first-order chi connectivity index (χ1) is 11.9. The Hall–Kier alpha value is -1.95. The second-order valence-corrected chi connectivity index (χ2v) is 7.18. The summed E-state index contributed by atoms with van der Waals surface area (Å²) < 4.78 is 13.2. The molecule has 25 heavy (non-hydrogen) atoms. The number of hydrogen-bond acceptors (Lipinski definition) is 2. The lowest BCUT2D eigenvalue weighted by molar-refractivity contribution is -0.885. The minimum atomic E-state index is -0.396. The van der Waals surface area contributed by atoms with E-state index in [-0.39, 0.29) is 30.4 Å². The quantitative estimate of drug-likeness (QED) is 0.725. The SMILES string of the molecule is C[C@@H]1CCCC[C@@H]1NC(=O)[C@@H](C)[NH+](C)CC(=O)Nc1cccc(F)c1. The predicted octanol–water partition coefficient (Wildman–Crippen LogP) is 1.36. The van der Waals surface area contributed by atoms with Gasteiger partial charge in [0.05, 0.1) is 7.05 Å². The molecule has 1 fully saturated rings. The largest absolute Gasteiger partial charge is 0.348 e. The highest BCUT2D eigenvalue weighted by atomic mass is 19.1. The first-order valence-electron chi connectivity index (χ1n) is 9.05. The molecule has 3 N–H and O–H groups in total. The van der Waals surface area contributed by atoms with E-state index in [2.05, 4.69) is 17.6 Å². The molecule has 0 aromatic heterocycles. The number of anilines is 1. The fourth-order valence-corrected chi connectivity index (χ4v) is 3.24. The second-order valence-electron chi connectivity index (χ2n) is 7.18. The van der Waals surface area contributed by atoms with Crippen molar-refractivity contribution in [1.82, 2.24) is 5.32 Å². The summed E-state index contributed by atoms with van der Waals surface area (Å²) in [5.74, 6) is -0.155. The van der Waals surface area contributed by atoms with E-state index in [1.807, 2.05) is 14.0 Å². The van der Waals surface area contributed by atoms with E-state index >= 15 is 0 Å². The first kappa shape index (κ1) is 19.4. The summed E-state index contributed by atoms with van der Waals surface area (Å²) in [7, 11) is 1.82. The number of amides is 2. The maximum absolute atomic E-state index is 13.2. The number of likely N-dealkylation sites (N-methyl/N-ethyl adjacent to an activating group) is 1. The molecule has 0 radical (unpaired) electrons. The molecular formula is C19H29FN3O2+. The van der Waals surface area contributed by atoms with Crippen LogP contribution in [0, 0.1) is 11.7 Å². The average molecular weight is 350 g/mol. The zero-order valence-electron chi connectivity index (χ0n) is 15.3. The van der Waals surface area contributed by atoms with Gasteiger partial charge in [0.15, 0.2) is 12.6 Å². The third kappa shape index (κ3) is 5.81. The summed E-state index contributed by atoms with van der Waals surface area (Å²) in [6, 6.07) is 5.68. The van der Waals surface area contributed by atoms with Crippen LogP contribution < -0.4 is 15.5 Å². The lowest BCUT2D eigenvalue weighted by Crippen LogP contribution is -3.15. The van der Waals surface area contributed by atoms with E-state index in [1.54, 1.807) is 12.1 Å². The molecule has 0 aliphatic heterocycles. The minimum absolute atomic E-state index is 0.0187. The standard InChI is InChI=1S/C19H28FN3O2/c1-13-7-4-5-10-17(13)22-19(25)14(2)23(3)12-18(24)21-16-9-6-8-15(20)11-16/h6,8-9,11,13-14,17H,4-5,7,10,12H2,1-3H3,(H,21,24)(H,22,25)/p+1/t13-,14-,17+/m1/s1. The highest BCUT2D eigenvalue weighted by molar-refractivity contribution is 5.91. The smallest absolute Gasteiger partial charge is 0.279 e. The summed E-state index contributed by atoms with van der Waals surface area (Å²) in [5, 5.41) is 5.80. The Balaban J connectivity index is 1.83. The zero-order valence-corrected chi connectivity index (χ0v) is 15.3. The molecule has 1 aromatic rings. The second kappa shape index (κ2) is 8.94. The number of carbonyl (C=O) groups excluding carboxylic acids is 2. The van der Waals surface area contributed by atoms with E-state index in [0.717, 1.165) is 24.2 Å². The molecule has 1 aliphatic carbocycles. The number of nitrogens with one attached hydrogen (secondary N) is 3. The van der Waals surface area contributed by atoms with Crippen molar-refractivity contribution in [3.05, 3.63) is 30.1 Å². The van der Waals surface area contributed by atoms with Crippen molar-refractivity contribution in [1.29, 1.82) is 0 Å². The molecule has 0 saturated heterocycles. The van der Waals surface area contributed by atoms with Crippen molar-refractivity contribution in [2.75, 3.05) is 18.9 Å². The normalized spacial score (nSPS) is 22.7. The van der Waals surface area contributed by atoms with E-state index < -0.39 is 5.82 Å². The van der Waals surface area contributed by atoms with Crippen LogP contribution >= 0.6 is 0 Å². The van der Waals surface area contributed by atoms with Gasteiger partial charge in [0.2, 0.25) is 0 Å². The summed E-state index contributed by atoms with van der Waals surface area (Å²) in [6.07, 6.45) is 4.56. The lowest BCUT2D eigenvalue weighted by atomic mass is 9.86. The van der Waals surface area contributed by atoms with Crippen LogP contribution in [0.15, 0.2) is 24.3 Å². The summed E-state index contributed by atoms with van der Waals surface area (Å²) in [4.78, 5) is 25.4. The van der Waals surface area contributed by atoms with Gasteiger partial charge in [-0.15, -0.1) is 0 Å². The van der Waals surface area contributed by atoms with Crippen LogP contribution in [-0.4, -0.2) is 37.5 Å². The average Bonchev–Trinajstić information content (AvgIpc) is 2.56. The number of halogens is 1. The van der Waals surface area contributed by atoms with E-state index in [9.17, 15) is 14.0 Å². The van der Waals surface area contributed by atoms with Gasteiger partial charge in [-0.25, -0.2) is 4.39 Å². The van der Waals surface area contributed by atoms with Crippen LogP contribution in [0.2, 0.25) is 0 Å². The number of hydrogen-bond donors (Lipinski definition) is 3. The molecule has 0 bridgehead atoms. The van der Waals surface area contributed by atoms with Crippen molar-refractivity contribution in [3.63, 3.8) is 0 Å². The van der Waals surface area contributed by atoms with Crippen molar-refractivity contribution in [2.24, 2.45) is 5.92 Å². The lowest BCUT2D eigenvalue weighted by Gasteiger charge is -2.31. The van der Waals surface area contributed by atoms with Crippen LogP contribution in [0.1, 0.15) is 39.5 Å². The van der Waals surface area contributed by atoms with Gasteiger partial charge in [-0.2, -0.15) is 0 Å². The van der Waals surface area contributed by atoms with Crippen molar-refractivity contribution in [3.8, 4) is 0 Å². The Bertz CT molecular complexity index is 608. The summed E-state index contributed by atoms with van der Waals surface area (Å²) >= 11 is 0. The Morgan fingerprint density at radius 1 is 1.32 bits per heavy atom. The van der Waals surface area contributed by atoms with E-state index in [0.29, 0.717) is 11.6 Å². The fraction of sp³-hybridized carbons (Fsp3) is 0.579. The number of quaternary nitrogens is 1. The molecule has 2 rings (SSSR count). The predicted molar refractivity (Wildman–Crippen MR) is 95.8 cm³/mol. The van der Waals surface area contributed by atoms with Crippen LogP contribution in [0.5, 0.6) is 0 Å². The van der Waals surface area contributed by atoms with Gasteiger partial charge in [0.1, 0.15) is 5.82 Å². The van der Waals surface area contributed by atoms with Gasteiger partial charge >= 0.3 is 0 Å². The van der Waals surface area contributed by atoms with Crippen LogP contribution in [-0.2, 0) is 9.59 Å². The Kier molecular flexibility index (Phi) is 6.93. The Morgan fingerprint density at radius 2 is 2.04 bits per heavy atom. The zero-order chi connectivity index (χ0) is 18.4. The molecule has 5 nitrogen and oxygen atoms in total. The molecule has 0 heterocycles. The maximum atomic E-state index is 13.2. The molecule has 2 amide bonds. The monoisotopic (exact) mass is 350 g/mol. The minimum Gasteiger partial charge on any atom is -0.348 e. The van der Waals surface area contributed by atoms with Gasteiger partial charge in [-0.3, -0.25) is 9.59 Å². The first-order valence-corrected chi connectivity index (χ1v) is 9.05. The molecule has 1 unspecified atom stereocenters. The number of carbonyl (C=O) groups is 2. The van der Waals surface area contributed by atoms with Crippen molar-refractivity contribution < 1.29 is 18.9 Å². The molecule has 1 aromatic carbocycles. The third-order valence-electron chi connectivity index (χ3n) is 5.12. The van der Waals surface area contributed by atoms with Crippen molar-refractivity contribution in [2.45, 2.75) is 51.6 Å². The fourth-order valence-electron chi connectivity index (χ4n) is 3.24. The molecule has 138 valence electrons. The number of benzene rings is 1. The topological polar surface area (TPSA) is 62.6 Å². The summed E-state index contributed by atoms with van der Waals surface area (Å²) in [5.41, 5.74) is 0.422. The molecule has 4 atom stereocenters. The van der Waals surface area contributed by atoms with Gasteiger partial charge in [0.25, 0.3) is 11.8 Å². The maximum Gasteiger partial charge on any atom is 0.279 e. The highest BCUT2D eigenvalue weighted by Crippen LogP contribution is 2.23. The van der Waals surface area contributed by atoms with Gasteiger partial charge in [-0.05, 0) is 43.9 Å². The Morgan fingerprint density at radius 3 is 2.72 bits per heavy atom. The molecule has 6 heteroatoms. The van der Waals surface area contributed by atoms with Crippen molar-refractivity contribution >= 4 is 17.5 Å². The highest BCUT2D eigenvalue weighted by Gasteiger charge is 2.29. The number of rotatable bonds is 6. The van der Waals surface area contributed by atoms with Gasteiger partial charge in [0, 0.05) is 11.7 Å². The summed E-state index contributed by atoms with van der Waals surface area (Å²) in [6.45, 7) is 4.15. The van der Waals surface area contributed by atoms with Gasteiger partial charge in [-0.1, -0.05) is 25.8 Å². The molecule has 1 saturated carbocycles. The van der Waals surface area contributed by atoms with E-state index in [4.69, 9.17) is 0 Å². The molecule has 0 spiro atoms. The molecular weight excluding hydrogens is 321 g/mol. The van der Waals surface area contributed by atoms with Crippen LogP contribution in [0.4, 0.5) is 10.1 Å². The van der Waals surface area contributed by atoms with E-state index in [1.165, 1.54) is 18.6 Å². The van der Waals surface area contributed by atoms with Crippen LogP contribution in [0.25, 0.3) is 0 Å². The van der Waals surface area contributed by atoms with Gasteiger partial charge < -0.3 is 15.5 Å². The van der Waals surface area contributed by atoms with Crippen LogP contribution in [0.3, 0.4) is 0 Å². The molecule has 1 aliphatic rings.